The van der Waals surface area contributed by atoms with Crippen LogP contribution >= 0.6 is 38.5 Å². The van der Waals surface area contributed by atoms with Crippen LogP contribution in [0, 0.1) is 5.82 Å². The van der Waals surface area contributed by atoms with E-state index in [0.717, 1.165) is 28.2 Å². The van der Waals surface area contributed by atoms with Gasteiger partial charge in [-0.2, -0.15) is 8.78 Å². The van der Waals surface area contributed by atoms with Gasteiger partial charge in [-0.05, 0) is 23.8 Å². The molecule has 4 rings (SSSR count). The van der Waals surface area contributed by atoms with Gasteiger partial charge in [0.25, 0.3) is 0 Å². The molecule has 0 saturated carbocycles. The van der Waals surface area contributed by atoms with E-state index in [1.807, 2.05) is 0 Å². The Morgan fingerprint density at radius 1 is 1.03 bits per heavy atom. The zero-order valence-corrected chi connectivity index (χ0v) is 21.5. The maximum atomic E-state index is 14.2. The minimum atomic E-state index is -2.92. The van der Waals surface area contributed by atoms with Gasteiger partial charge in [0, 0.05) is 56.2 Å². The summed E-state index contributed by atoms with van der Waals surface area (Å²) < 4.78 is 50.1. The van der Waals surface area contributed by atoms with E-state index in [-0.39, 0.29) is 24.5 Å². The Morgan fingerprint density at radius 2 is 1.79 bits per heavy atom. The molecular formula is C24H18BrF3IN3O2. The molecule has 0 aliphatic rings. The van der Waals surface area contributed by atoms with Crippen molar-refractivity contribution < 1.29 is 22.6 Å². The number of alkyl halides is 3. The molecule has 5 nitrogen and oxygen atoms in total. The fourth-order valence-corrected chi connectivity index (χ4v) is 3.96. The van der Waals surface area contributed by atoms with Crippen LogP contribution < -0.4 is 14.8 Å². The molecular weight excluding hydrogens is 626 g/mol. The van der Waals surface area contributed by atoms with Crippen LogP contribution in [0.4, 0.5) is 19.0 Å². The largest absolute Gasteiger partial charge is 0.493 e. The Labute approximate surface area is 216 Å². The summed E-state index contributed by atoms with van der Waals surface area (Å²) in [6.45, 7) is 0.395. The molecule has 3 aromatic carbocycles. The second-order valence-corrected chi connectivity index (χ2v) is 9.59. The number of nitrogens with one attached hydrogen (secondary N) is 1. The second-order valence-electron chi connectivity index (χ2n) is 7.32. The average Bonchev–Trinajstić information content (AvgIpc) is 2.81. The highest BCUT2D eigenvalue weighted by Crippen LogP contribution is 2.36. The molecule has 0 atom stereocenters. The monoisotopic (exact) mass is 643 g/mol. The zero-order valence-electron chi connectivity index (χ0n) is 17.8. The van der Waals surface area contributed by atoms with E-state index in [9.17, 15) is 13.2 Å². The summed E-state index contributed by atoms with van der Waals surface area (Å²) in [5.41, 5.74) is 1.76. The molecule has 0 amide bonds. The highest BCUT2D eigenvalue weighted by molar-refractivity contribution is 14.1. The number of fused-ring (bicyclic) bond motifs is 1. The summed E-state index contributed by atoms with van der Waals surface area (Å²) in [6.07, 6.45) is 1.40. The second kappa shape index (κ2) is 10.3. The number of nitrogens with zero attached hydrogens (tertiary/aromatic N) is 2. The molecule has 0 fully saturated rings. The summed E-state index contributed by atoms with van der Waals surface area (Å²) >= 11 is 4.35. The molecule has 1 N–H and O–H groups in total. The molecule has 34 heavy (non-hydrogen) atoms. The van der Waals surface area contributed by atoms with E-state index in [1.165, 1.54) is 31.6 Å². The van der Waals surface area contributed by atoms with Crippen LogP contribution in [0.25, 0.3) is 10.9 Å². The fourth-order valence-electron chi connectivity index (χ4n) is 3.27. The first-order valence-corrected chi connectivity index (χ1v) is 11.9. The van der Waals surface area contributed by atoms with Crippen molar-refractivity contribution in [2.24, 2.45) is 0 Å². The van der Waals surface area contributed by atoms with Gasteiger partial charge in [0.05, 0.1) is 12.6 Å². The molecule has 0 unspecified atom stereocenters. The predicted octanol–water partition coefficient (Wildman–Crippen LogP) is 7.22. The first kappa shape index (κ1) is 24.5. The lowest BCUT2D eigenvalue weighted by Crippen LogP contribution is -2.05. The third-order valence-electron chi connectivity index (χ3n) is 5.06. The number of benzene rings is 3. The molecule has 1 aromatic heterocycles. The van der Waals surface area contributed by atoms with Crippen LogP contribution in [-0.4, -0.2) is 17.1 Å². The highest BCUT2D eigenvalue weighted by Gasteiger charge is 2.26. The summed E-state index contributed by atoms with van der Waals surface area (Å²) in [7, 11) is 1.51. The van der Waals surface area contributed by atoms with Gasteiger partial charge < -0.3 is 14.8 Å². The van der Waals surface area contributed by atoms with Crippen LogP contribution in [0.1, 0.15) is 16.7 Å². The smallest absolute Gasteiger partial charge is 0.321 e. The number of anilines is 1. The van der Waals surface area contributed by atoms with Crippen molar-refractivity contribution in [1.82, 2.24) is 9.97 Å². The van der Waals surface area contributed by atoms with Crippen LogP contribution in [0.2, 0.25) is 0 Å². The maximum Gasteiger partial charge on any atom is 0.321 e. The Morgan fingerprint density at radius 3 is 2.47 bits per heavy atom. The molecule has 0 aliphatic carbocycles. The van der Waals surface area contributed by atoms with Gasteiger partial charge in [-0.15, -0.1) is 0 Å². The van der Waals surface area contributed by atoms with Gasteiger partial charge in [-0.1, -0.05) is 46.3 Å². The van der Waals surface area contributed by atoms with Gasteiger partial charge >= 0.3 is 3.93 Å². The molecule has 0 radical (unpaired) electrons. The van der Waals surface area contributed by atoms with Gasteiger partial charge in [0.2, 0.25) is 0 Å². The number of hydrogen-bond donors (Lipinski definition) is 1. The van der Waals surface area contributed by atoms with E-state index in [0.29, 0.717) is 38.3 Å². The minimum Gasteiger partial charge on any atom is -0.493 e. The van der Waals surface area contributed by atoms with Gasteiger partial charge in [-0.3, -0.25) is 0 Å². The Kier molecular flexibility index (Phi) is 7.46. The normalized spacial score (nSPS) is 11.5. The Balaban J connectivity index is 1.54. The fraction of sp³-hybridized carbons (Fsp3) is 0.167. The molecule has 1 heterocycles. The van der Waals surface area contributed by atoms with Gasteiger partial charge in [0.15, 0.2) is 11.5 Å². The lowest BCUT2D eigenvalue weighted by molar-refractivity contribution is 0.127. The first-order valence-electron chi connectivity index (χ1n) is 10.0. The molecule has 176 valence electrons. The number of halogens is 5. The van der Waals surface area contributed by atoms with Crippen molar-refractivity contribution in [3.8, 4) is 11.5 Å². The summed E-state index contributed by atoms with van der Waals surface area (Å²) in [5.74, 6) is 1.09. The predicted molar refractivity (Wildman–Crippen MR) is 136 cm³/mol. The Bertz CT molecular complexity index is 1320. The van der Waals surface area contributed by atoms with Crippen LogP contribution in [0.3, 0.4) is 0 Å². The molecule has 0 saturated heterocycles. The van der Waals surface area contributed by atoms with Crippen molar-refractivity contribution >= 4 is 55.2 Å². The third-order valence-corrected chi connectivity index (χ3v) is 6.17. The number of rotatable bonds is 8. The molecule has 0 bridgehead atoms. The average molecular weight is 644 g/mol. The lowest BCUT2D eigenvalue weighted by Gasteiger charge is -2.14. The summed E-state index contributed by atoms with van der Waals surface area (Å²) in [6, 6.07) is 14.3. The number of methoxy groups -OCH3 is 1. The zero-order chi connectivity index (χ0) is 24.3. The van der Waals surface area contributed by atoms with Crippen molar-refractivity contribution in [2.75, 3.05) is 12.4 Å². The molecule has 0 spiro atoms. The number of aromatic nitrogens is 2. The third kappa shape index (κ3) is 5.72. The Hall–Kier alpha value is -2.60. The number of ether oxygens (including phenoxy) is 2. The summed E-state index contributed by atoms with van der Waals surface area (Å²) in [4.78, 5) is 8.59. The van der Waals surface area contributed by atoms with E-state index < -0.39 is 3.93 Å². The lowest BCUT2D eigenvalue weighted by atomic mass is 10.1. The van der Waals surface area contributed by atoms with E-state index in [1.54, 1.807) is 36.4 Å². The summed E-state index contributed by atoms with van der Waals surface area (Å²) in [5, 5.41) is 3.82. The molecule has 10 heteroatoms. The number of hydrogen-bond acceptors (Lipinski definition) is 5. The maximum absolute atomic E-state index is 14.2. The molecule has 4 aromatic rings. The van der Waals surface area contributed by atoms with Gasteiger partial charge in [0.1, 0.15) is 24.6 Å². The van der Waals surface area contributed by atoms with E-state index in [2.05, 4.69) is 31.2 Å². The van der Waals surface area contributed by atoms with Crippen LogP contribution in [-0.2, 0) is 17.1 Å². The van der Waals surface area contributed by atoms with Crippen molar-refractivity contribution in [1.29, 1.82) is 0 Å². The minimum absolute atomic E-state index is 0.0696. The van der Waals surface area contributed by atoms with Gasteiger partial charge in [-0.25, -0.2) is 14.4 Å². The first-order chi connectivity index (χ1) is 16.2. The van der Waals surface area contributed by atoms with Crippen molar-refractivity contribution in [3.05, 3.63) is 87.9 Å². The molecule has 0 aliphatic heterocycles. The van der Waals surface area contributed by atoms with Crippen molar-refractivity contribution in [3.63, 3.8) is 0 Å². The van der Waals surface area contributed by atoms with E-state index >= 15 is 0 Å². The highest BCUT2D eigenvalue weighted by atomic mass is 127. The topological polar surface area (TPSA) is 56.3 Å². The van der Waals surface area contributed by atoms with E-state index in [4.69, 9.17) is 9.47 Å². The van der Waals surface area contributed by atoms with Crippen molar-refractivity contribution in [2.45, 2.75) is 17.1 Å². The van der Waals surface area contributed by atoms with Crippen LogP contribution in [0.15, 0.2) is 65.4 Å². The van der Waals surface area contributed by atoms with Crippen LogP contribution in [0.5, 0.6) is 11.5 Å². The standard InChI is InChI=1S/C24H18BrF3IN3O2/c1-33-21-9-18-20(10-22(21)34-12-14-2-5-16(6-3-14)24(27,28)29)31-13-32-23(18)30-11-15-4-7-17(25)8-19(15)26/h2-10,13H,11-12H2,1H3,(H,30,31,32). The SMILES string of the molecule is COc1cc2c(NCc3ccc(Br)cc3F)ncnc2cc1OCc1ccc(C(F)(F)I)cc1. The quantitative estimate of drug-likeness (QED) is 0.162.